The van der Waals surface area contributed by atoms with Crippen LogP contribution in [0.2, 0.25) is 0 Å². The Morgan fingerprint density at radius 3 is 2.21 bits per heavy atom. The van der Waals surface area contributed by atoms with E-state index < -0.39 is 27.8 Å². The minimum atomic E-state index is -3.64. The van der Waals surface area contributed by atoms with Gasteiger partial charge < -0.3 is 5.11 Å². The molecule has 0 aromatic rings. The highest BCUT2D eigenvalue weighted by Gasteiger charge is 2.44. The lowest BCUT2D eigenvalue weighted by atomic mass is 10.1. The largest absolute Gasteiger partial charge is 0.480 e. The molecule has 0 saturated carbocycles. The number of nitrogens with zero attached hydrogens (tertiary/aromatic N) is 1. The fourth-order valence-electron chi connectivity index (χ4n) is 1.31. The van der Waals surface area contributed by atoms with Crippen molar-refractivity contribution in [1.82, 2.24) is 9.03 Å². The Hall–Kier alpha value is -0.660. The average Bonchev–Trinajstić information content (AvgIpc) is 2.24. The second-order valence-electron chi connectivity index (χ2n) is 4.22. The summed E-state index contributed by atoms with van der Waals surface area (Å²) in [5.41, 5.74) is -0.601. The fourth-order valence-corrected chi connectivity index (χ4v) is 3.04. The molecular weight excluding hydrogens is 208 g/mol. The zero-order valence-electron chi connectivity index (χ0n) is 8.31. The Bertz CT molecular complexity index is 343. The topological polar surface area (TPSA) is 86.7 Å². The molecule has 7 heteroatoms. The molecule has 1 aliphatic heterocycles. The lowest BCUT2D eigenvalue weighted by molar-refractivity contribution is -0.138. The van der Waals surface area contributed by atoms with Crippen LogP contribution in [0.1, 0.15) is 20.8 Å². The molecule has 1 unspecified atom stereocenters. The first kappa shape index (κ1) is 11.4. The molecule has 82 valence electrons. The first-order valence-corrected chi connectivity index (χ1v) is 5.61. The van der Waals surface area contributed by atoms with Crippen LogP contribution in [0.4, 0.5) is 0 Å². The Labute approximate surface area is 83.1 Å². The zero-order valence-corrected chi connectivity index (χ0v) is 9.13. The van der Waals surface area contributed by atoms with Gasteiger partial charge in [0.15, 0.2) is 0 Å². The Morgan fingerprint density at radius 1 is 1.50 bits per heavy atom. The number of carboxylic acids is 1. The molecule has 0 spiro atoms. The number of hydrogen-bond donors (Lipinski definition) is 2. The van der Waals surface area contributed by atoms with E-state index in [4.69, 9.17) is 5.11 Å². The molecule has 14 heavy (non-hydrogen) atoms. The standard InChI is InChI=1S/C7H14N2O4S/c1-7(2,3)9-4-5(6(10)11)8-14(9,12)13/h5,8H,4H2,1-3H3,(H,10,11). The molecule has 6 nitrogen and oxygen atoms in total. The second-order valence-corrected chi connectivity index (χ2v) is 5.84. The summed E-state index contributed by atoms with van der Waals surface area (Å²) in [5, 5.41) is 8.68. The number of aliphatic carboxylic acids is 1. The Balaban J connectivity index is 2.97. The third-order valence-corrected chi connectivity index (χ3v) is 3.84. The van der Waals surface area contributed by atoms with Gasteiger partial charge in [-0.3, -0.25) is 4.79 Å². The third kappa shape index (κ3) is 2.05. The molecule has 1 rings (SSSR count). The molecule has 0 aliphatic carbocycles. The molecule has 0 radical (unpaired) electrons. The van der Waals surface area contributed by atoms with Crippen LogP contribution < -0.4 is 4.72 Å². The van der Waals surface area contributed by atoms with Gasteiger partial charge in [-0.1, -0.05) is 0 Å². The van der Waals surface area contributed by atoms with Gasteiger partial charge in [0.2, 0.25) is 0 Å². The molecule has 0 amide bonds. The Kier molecular flexibility index (Phi) is 2.59. The van der Waals surface area contributed by atoms with Crippen LogP contribution in [0.25, 0.3) is 0 Å². The van der Waals surface area contributed by atoms with Crippen LogP contribution in [0.5, 0.6) is 0 Å². The lowest BCUT2D eigenvalue weighted by Crippen LogP contribution is -2.43. The molecule has 2 N–H and O–H groups in total. The first-order valence-electron chi connectivity index (χ1n) is 4.17. The van der Waals surface area contributed by atoms with Crippen molar-refractivity contribution in [2.75, 3.05) is 6.54 Å². The quantitative estimate of drug-likeness (QED) is 0.619. The molecule has 0 aromatic carbocycles. The number of carbonyl (C=O) groups is 1. The molecule has 0 aromatic heterocycles. The lowest BCUT2D eigenvalue weighted by Gasteiger charge is -2.28. The number of carboxylic acid groups (broad SMARTS) is 1. The molecule has 1 atom stereocenters. The summed E-state index contributed by atoms with van der Waals surface area (Å²) in [6.45, 7) is 5.13. The highest BCUT2D eigenvalue weighted by molar-refractivity contribution is 7.87. The van der Waals surface area contributed by atoms with Crippen LogP contribution in [-0.4, -0.2) is 41.9 Å². The van der Waals surface area contributed by atoms with E-state index in [-0.39, 0.29) is 6.54 Å². The summed E-state index contributed by atoms with van der Waals surface area (Å²) in [4.78, 5) is 10.6. The van der Waals surface area contributed by atoms with Crippen LogP contribution in [0, 0.1) is 0 Å². The van der Waals surface area contributed by atoms with Crippen molar-refractivity contribution >= 4 is 16.2 Å². The maximum absolute atomic E-state index is 11.5. The van der Waals surface area contributed by atoms with Gasteiger partial charge in [-0.2, -0.15) is 17.4 Å². The molecule has 1 heterocycles. The van der Waals surface area contributed by atoms with E-state index in [9.17, 15) is 13.2 Å². The summed E-state index contributed by atoms with van der Waals surface area (Å²) < 4.78 is 26.2. The maximum Gasteiger partial charge on any atom is 0.323 e. The van der Waals surface area contributed by atoms with E-state index in [1.165, 1.54) is 0 Å². The predicted octanol–water partition coefficient (Wildman–Crippen LogP) is -0.612. The normalized spacial score (nSPS) is 27.8. The second kappa shape index (κ2) is 3.18. The van der Waals surface area contributed by atoms with Crippen molar-refractivity contribution in [1.29, 1.82) is 0 Å². The summed E-state index contributed by atoms with van der Waals surface area (Å²) in [7, 11) is -3.64. The van der Waals surface area contributed by atoms with Gasteiger partial charge in [0.25, 0.3) is 10.2 Å². The number of nitrogens with one attached hydrogen (secondary N) is 1. The van der Waals surface area contributed by atoms with E-state index in [0.717, 1.165) is 4.31 Å². The van der Waals surface area contributed by atoms with Crippen molar-refractivity contribution in [3.63, 3.8) is 0 Å². The minimum absolute atomic E-state index is 0.0266. The van der Waals surface area contributed by atoms with Crippen LogP contribution in [-0.2, 0) is 15.0 Å². The summed E-state index contributed by atoms with van der Waals surface area (Å²) in [6.07, 6.45) is 0. The summed E-state index contributed by atoms with van der Waals surface area (Å²) in [6, 6.07) is -1.04. The number of rotatable bonds is 1. The van der Waals surface area contributed by atoms with E-state index in [2.05, 4.69) is 4.72 Å². The highest BCUT2D eigenvalue weighted by atomic mass is 32.2. The molecule has 1 aliphatic rings. The maximum atomic E-state index is 11.5. The van der Waals surface area contributed by atoms with Gasteiger partial charge in [0.1, 0.15) is 6.04 Å². The van der Waals surface area contributed by atoms with Crippen molar-refractivity contribution in [2.45, 2.75) is 32.4 Å². The van der Waals surface area contributed by atoms with Gasteiger partial charge in [-0.05, 0) is 20.8 Å². The minimum Gasteiger partial charge on any atom is -0.480 e. The fraction of sp³-hybridized carbons (Fsp3) is 0.857. The monoisotopic (exact) mass is 222 g/mol. The third-order valence-electron chi connectivity index (χ3n) is 1.98. The Morgan fingerprint density at radius 2 is 2.00 bits per heavy atom. The van der Waals surface area contributed by atoms with Gasteiger partial charge in [0, 0.05) is 12.1 Å². The zero-order chi connectivity index (χ0) is 11.1. The number of hydrogen-bond acceptors (Lipinski definition) is 3. The molecular formula is C7H14N2O4S. The smallest absolute Gasteiger partial charge is 0.323 e. The molecule has 1 saturated heterocycles. The van der Waals surface area contributed by atoms with Crippen molar-refractivity contribution < 1.29 is 18.3 Å². The highest BCUT2D eigenvalue weighted by Crippen LogP contribution is 2.22. The van der Waals surface area contributed by atoms with Crippen LogP contribution in [0.3, 0.4) is 0 Å². The average molecular weight is 222 g/mol. The SMILES string of the molecule is CC(C)(C)N1CC(C(=O)O)NS1(=O)=O. The van der Waals surface area contributed by atoms with Gasteiger partial charge in [0.05, 0.1) is 0 Å². The van der Waals surface area contributed by atoms with E-state index in [1.807, 2.05) is 0 Å². The van der Waals surface area contributed by atoms with Crippen molar-refractivity contribution in [3.8, 4) is 0 Å². The van der Waals surface area contributed by atoms with Crippen molar-refractivity contribution in [2.24, 2.45) is 0 Å². The van der Waals surface area contributed by atoms with Crippen LogP contribution in [0.15, 0.2) is 0 Å². The van der Waals surface area contributed by atoms with E-state index in [0.29, 0.717) is 0 Å². The molecule has 1 fully saturated rings. The first-order chi connectivity index (χ1) is 6.14. The van der Waals surface area contributed by atoms with Crippen LogP contribution >= 0.6 is 0 Å². The predicted molar refractivity (Wildman–Crippen MR) is 49.9 cm³/mol. The summed E-state index contributed by atoms with van der Waals surface area (Å²) in [5.74, 6) is -1.15. The van der Waals surface area contributed by atoms with E-state index in [1.54, 1.807) is 20.8 Å². The van der Waals surface area contributed by atoms with E-state index >= 15 is 0 Å². The van der Waals surface area contributed by atoms with Gasteiger partial charge in [-0.15, -0.1) is 0 Å². The van der Waals surface area contributed by atoms with Gasteiger partial charge in [-0.25, -0.2) is 0 Å². The van der Waals surface area contributed by atoms with Crippen molar-refractivity contribution in [3.05, 3.63) is 0 Å². The summed E-state index contributed by atoms with van der Waals surface area (Å²) >= 11 is 0. The molecule has 0 bridgehead atoms. The van der Waals surface area contributed by atoms with Gasteiger partial charge >= 0.3 is 5.97 Å².